The van der Waals surface area contributed by atoms with Crippen LogP contribution in [0.25, 0.3) is 0 Å². The summed E-state index contributed by atoms with van der Waals surface area (Å²) in [7, 11) is 0.962. The van der Waals surface area contributed by atoms with E-state index in [1.54, 1.807) is 24.3 Å². The van der Waals surface area contributed by atoms with Crippen molar-refractivity contribution in [2.45, 2.75) is 6.42 Å². The molecule has 2 rings (SSSR count). The number of hydrogen-bond acceptors (Lipinski definition) is 10. The van der Waals surface area contributed by atoms with Crippen LogP contribution in [0.15, 0.2) is 58.8 Å². The summed E-state index contributed by atoms with van der Waals surface area (Å²) >= 11 is 0. The van der Waals surface area contributed by atoms with Crippen LogP contribution in [0.4, 0.5) is 17.1 Å². The highest BCUT2D eigenvalue weighted by Gasteiger charge is 2.17. The van der Waals surface area contributed by atoms with Crippen LogP contribution in [-0.2, 0) is 27.9 Å². The fraction of sp³-hybridized carbons (Fsp3) is 0.440. The predicted molar refractivity (Wildman–Crippen MR) is 146 cm³/mol. The number of hydrogen-bond donors (Lipinski definition) is 3. The Kier molecular flexibility index (Phi) is 14.3. The first-order valence-corrected chi connectivity index (χ1v) is 13.7. The third-order valence-corrected chi connectivity index (χ3v) is 6.03. The van der Waals surface area contributed by atoms with Gasteiger partial charge in [0.1, 0.15) is 0 Å². The van der Waals surface area contributed by atoms with Crippen LogP contribution < -0.4 is 15.5 Å². The van der Waals surface area contributed by atoms with Crippen LogP contribution in [0.5, 0.6) is 0 Å². The second kappa shape index (κ2) is 17.4. The van der Waals surface area contributed by atoms with Gasteiger partial charge in [0, 0.05) is 52.0 Å². The average Bonchev–Trinajstić information content (AvgIpc) is 2.93. The van der Waals surface area contributed by atoms with Crippen LogP contribution in [-0.4, -0.2) is 84.0 Å². The molecule has 0 saturated heterocycles. The van der Waals surface area contributed by atoms with Crippen molar-refractivity contribution in [2.75, 3.05) is 72.2 Å². The van der Waals surface area contributed by atoms with Gasteiger partial charge in [-0.15, -0.1) is 0 Å². The number of anilines is 1. The Morgan fingerprint density at radius 1 is 0.846 bits per heavy atom. The van der Waals surface area contributed by atoms with Gasteiger partial charge in [0.05, 0.1) is 44.4 Å². The van der Waals surface area contributed by atoms with Gasteiger partial charge < -0.3 is 29.9 Å². The summed E-state index contributed by atoms with van der Waals surface area (Å²) in [4.78, 5) is 35.0. The van der Waals surface area contributed by atoms with Crippen molar-refractivity contribution in [2.24, 2.45) is 10.2 Å². The number of nitrogens with zero attached hydrogens (tertiary/aromatic N) is 3. The smallest absolute Gasteiger partial charge is 0.379 e. The SMILES string of the molecule is COP(=O)(O)OCCNC(=O)CCOCCOCCNC(=O)c1ccc(/N=N/c2ccc(N(C)C)cc2)cc1. The Balaban J connectivity index is 1.52. The van der Waals surface area contributed by atoms with Crippen molar-refractivity contribution in [3.63, 3.8) is 0 Å². The summed E-state index contributed by atoms with van der Waals surface area (Å²) in [5, 5.41) is 13.7. The second-order valence-corrected chi connectivity index (χ2v) is 9.78. The maximum absolute atomic E-state index is 12.3. The lowest BCUT2D eigenvalue weighted by Crippen LogP contribution is -2.28. The van der Waals surface area contributed by atoms with E-state index in [2.05, 4.69) is 29.9 Å². The van der Waals surface area contributed by atoms with Crippen LogP contribution in [0.1, 0.15) is 16.8 Å². The van der Waals surface area contributed by atoms with E-state index in [1.165, 1.54) is 0 Å². The average molecular weight is 566 g/mol. The number of phosphoric ester groups is 1. The van der Waals surface area contributed by atoms with E-state index in [4.69, 9.17) is 14.4 Å². The molecule has 0 saturated carbocycles. The Morgan fingerprint density at radius 2 is 1.41 bits per heavy atom. The molecule has 0 aliphatic carbocycles. The van der Waals surface area contributed by atoms with Gasteiger partial charge in [-0.25, -0.2) is 4.57 Å². The Morgan fingerprint density at radius 3 is 2.00 bits per heavy atom. The van der Waals surface area contributed by atoms with Crippen molar-refractivity contribution in [3.05, 3.63) is 54.1 Å². The third-order valence-electron chi connectivity index (χ3n) is 5.06. The molecule has 0 radical (unpaired) electrons. The molecule has 0 aromatic heterocycles. The highest BCUT2D eigenvalue weighted by Crippen LogP contribution is 2.41. The summed E-state index contributed by atoms with van der Waals surface area (Å²) in [6.07, 6.45) is 0.126. The van der Waals surface area contributed by atoms with Crippen LogP contribution in [0.2, 0.25) is 0 Å². The minimum Gasteiger partial charge on any atom is -0.379 e. The number of amides is 2. The molecule has 214 valence electrons. The fourth-order valence-corrected chi connectivity index (χ4v) is 3.36. The number of phosphoric acid groups is 1. The van der Waals surface area contributed by atoms with Crippen molar-refractivity contribution in [3.8, 4) is 0 Å². The molecule has 0 aliphatic heterocycles. The van der Waals surface area contributed by atoms with Gasteiger partial charge in [-0.3, -0.25) is 18.6 Å². The van der Waals surface area contributed by atoms with Crippen molar-refractivity contribution >= 4 is 36.7 Å². The number of nitrogens with one attached hydrogen (secondary N) is 2. The summed E-state index contributed by atoms with van der Waals surface area (Å²) in [5.74, 6) is -0.503. The minimum atomic E-state index is -4.03. The van der Waals surface area contributed by atoms with Crippen molar-refractivity contribution in [1.82, 2.24) is 10.6 Å². The second-order valence-electron chi connectivity index (χ2n) is 8.22. The van der Waals surface area contributed by atoms with Crippen molar-refractivity contribution < 1.29 is 37.6 Å². The normalized spacial score (nSPS) is 12.7. The molecule has 14 heteroatoms. The maximum Gasteiger partial charge on any atom is 0.471 e. The lowest BCUT2D eigenvalue weighted by atomic mass is 10.2. The van der Waals surface area contributed by atoms with Gasteiger partial charge in [0.15, 0.2) is 0 Å². The third kappa shape index (κ3) is 13.4. The quantitative estimate of drug-likeness (QED) is 0.140. The zero-order valence-corrected chi connectivity index (χ0v) is 23.3. The largest absolute Gasteiger partial charge is 0.471 e. The highest BCUT2D eigenvalue weighted by molar-refractivity contribution is 7.47. The maximum atomic E-state index is 12.3. The number of carbonyl (C=O) groups is 2. The van der Waals surface area contributed by atoms with E-state index >= 15 is 0 Å². The van der Waals surface area contributed by atoms with E-state index in [-0.39, 0.29) is 38.0 Å². The van der Waals surface area contributed by atoms with Gasteiger partial charge in [0.2, 0.25) is 5.91 Å². The van der Waals surface area contributed by atoms with Crippen LogP contribution in [0.3, 0.4) is 0 Å². The molecule has 3 N–H and O–H groups in total. The molecule has 13 nitrogen and oxygen atoms in total. The molecule has 2 aromatic rings. The first-order chi connectivity index (χ1) is 18.7. The lowest BCUT2D eigenvalue weighted by molar-refractivity contribution is -0.122. The summed E-state index contributed by atoms with van der Waals surface area (Å²) in [6, 6.07) is 14.5. The lowest BCUT2D eigenvalue weighted by Gasteiger charge is -2.11. The summed E-state index contributed by atoms with van der Waals surface area (Å²) < 4.78 is 30.7. The summed E-state index contributed by atoms with van der Waals surface area (Å²) in [5.41, 5.74) is 2.95. The van der Waals surface area contributed by atoms with Crippen LogP contribution in [0, 0.1) is 0 Å². The number of azo groups is 1. The van der Waals surface area contributed by atoms with Gasteiger partial charge in [-0.05, 0) is 48.5 Å². The standard InChI is InChI=1S/C25H36N5O8P/c1-30(2)23-10-8-22(9-11-23)29-28-21-6-4-20(5-7-21)25(32)27-13-16-37-19-18-36-15-12-24(31)26-14-17-38-39(33,34)35-3/h4-11H,12-19H2,1-3H3,(H,26,31)(H,27,32)(H,33,34)/b29-28+. The van der Waals surface area contributed by atoms with E-state index in [1.807, 2.05) is 43.3 Å². The zero-order chi connectivity index (χ0) is 28.5. The molecule has 1 unspecified atom stereocenters. The summed E-state index contributed by atoms with van der Waals surface area (Å²) in [6.45, 7) is 1.36. The fourth-order valence-electron chi connectivity index (χ4n) is 2.93. The minimum absolute atomic E-state index is 0.0727. The van der Waals surface area contributed by atoms with E-state index in [0.29, 0.717) is 37.6 Å². The molecular formula is C25H36N5O8P. The van der Waals surface area contributed by atoms with E-state index < -0.39 is 7.82 Å². The van der Waals surface area contributed by atoms with E-state index in [0.717, 1.165) is 18.5 Å². The van der Waals surface area contributed by atoms with Crippen LogP contribution >= 0.6 is 7.82 Å². The topological polar surface area (TPSA) is 160 Å². The Hall–Kier alpha value is -3.19. The molecule has 0 fully saturated rings. The molecular weight excluding hydrogens is 529 g/mol. The molecule has 1 atom stereocenters. The molecule has 39 heavy (non-hydrogen) atoms. The molecule has 0 heterocycles. The number of carbonyl (C=O) groups excluding carboxylic acids is 2. The molecule has 2 amide bonds. The van der Waals surface area contributed by atoms with Crippen molar-refractivity contribution in [1.29, 1.82) is 0 Å². The predicted octanol–water partition coefficient (Wildman–Crippen LogP) is 3.20. The number of ether oxygens (including phenoxy) is 2. The first-order valence-electron chi connectivity index (χ1n) is 12.2. The number of benzene rings is 2. The Bertz CT molecular complexity index is 1100. The van der Waals surface area contributed by atoms with E-state index in [9.17, 15) is 14.2 Å². The Labute approximate surface area is 228 Å². The van der Waals surface area contributed by atoms with Gasteiger partial charge >= 0.3 is 7.82 Å². The zero-order valence-electron chi connectivity index (χ0n) is 22.4. The molecule has 0 bridgehead atoms. The highest BCUT2D eigenvalue weighted by atomic mass is 31.2. The van der Waals surface area contributed by atoms with Gasteiger partial charge in [-0.2, -0.15) is 10.2 Å². The molecule has 0 spiro atoms. The molecule has 0 aliphatic rings. The molecule has 2 aromatic carbocycles. The van der Waals surface area contributed by atoms with Gasteiger partial charge in [-0.1, -0.05) is 0 Å². The number of rotatable bonds is 18. The monoisotopic (exact) mass is 565 g/mol. The van der Waals surface area contributed by atoms with Gasteiger partial charge in [0.25, 0.3) is 5.91 Å². The first kappa shape index (κ1) is 32.0.